The third-order valence-corrected chi connectivity index (χ3v) is 3.73. The zero-order valence-corrected chi connectivity index (χ0v) is 10.8. The topological polar surface area (TPSA) is 75.8 Å². The second-order valence-corrected chi connectivity index (χ2v) is 4.94. The summed E-state index contributed by atoms with van der Waals surface area (Å²) in [6.07, 6.45) is 0. The summed E-state index contributed by atoms with van der Waals surface area (Å²) in [5.74, 6) is 0.512. The van der Waals surface area contributed by atoms with Crippen LogP contribution in [0.4, 0.5) is 11.4 Å². The number of carbonyl (C=O) groups excluding carboxylic acids is 1. The Morgan fingerprint density at radius 1 is 1.14 bits per heavy atom. The second-order valence-electron chi connectivity index (χ2n) is 4.94. The zero-order valence-electron chi connectivity index (χ0n) is 10.8. The maximum Gasteiger partial charge on any atom is 0.269 e. The van der Waals surface area contributed by atoms with E-state index >= 15 is 0 Å². The van der Waals surface area contributed by atoms with Crippen molar-refractivity contribution in [2.24, 2.45) is 4.99 Å². The highest BCUT2D eigenvalue weighted by molar-refractivity contribution is 6.24. The Kier molecular flexibility index (Phi) is 2.24. The minimum absolute atomic E-state index is 0.0107. The standard InChI is InChI=1S/C15H9N3O3/c19-15-12-4-2-1-3-11(12)14-16-13-6-5-10(18(20)21)7-9(13)8-17(14)15/h1-7H,8H2. The van der Waals surface area contributed by atoms with Crippen molar-refractivity contribution in [2.75, 3.05) is 0 Å². The summed E-state index contributed by atoms with van der Waals surface area (Å²) in [7, 11) is 0. The van der Waals surface area contributed by atoms with E-state index in [-0.39, 0.29) is 11.6 Å². The van der Waals surface area contributed by atoms with E-state index in [2.05, 4.69) is 4.99 Å². The number of non-ortho nitro benzene ring substituents is 1. The predicted octanol–water partition coefficient (Wildman–Crippen LogP) is 2.64. The molecule has 2 aliphatic rings. The fourth-order valence-electron chi connectivity index (χ4n) is 2.72. The third-order valence-electron chi connectivity index (χ3n) is 3.73. The van der Waals surface area contributed by atoms with E-state index in [9.17, 15) is 14.9 Å². The molecule has 0 radical (unpaired) electrons. The number of amidine groups is 1. The molecule has 2 heterocycles. The van der Waals surface area contributed by atoms with E-state index in [0.29, 0.717) is 29.2 Å². The molecule has 2 aromatic rings. The molecular formula is C15H9N3O3. The van der Waals surface area contributed by atoms with Crippen LogP contribution in [0, 0.1) is 10.1 Å². The van der Waals surface area contributed by atoms with Gasteiger partial charge in [-0.2, -0.15) is 0 Å². The number of fused-ring (bicyclic) bond motifs is 4. The highest BCUT2D eigenvalue weighted by Gasteiger charge is 2.36. The average Bonchev–Trinajstić information content (AvgIpc) is 2.78. The first-order valence-electron chi connectivity index (χ1n) is 6.42. The Balaban J connectivity index is 1.88. The lowest BCUT2D eigenvalue weighted by Gasteiger charge is -2.23. The van der Waals surface area contributed by atoms with Crippen LogP contribution in [0.2, 0.25) is 0 Å². The largest absolute Gasteiger partial charge is 0.288 e. The average molecular weight is 279 g/mol. The third kappa shape index (κ3) is 1.59. The maximum absolute atomic E-state index is 12.4. The number of benzene rings is 2. The number of nitro groups is 1. The highest BCUT2D eigenvalue weighted by Crippen LogP contribution is 2.35. The van der Waals surface area contributed by atoms with Crippen LogP contribution >= 0.6 is 0 Å². The molecule has 0 unspecified atom stereocenters. The molecule has 21 heavy (non-hydrogen) atoms. The number of carbonyl (C=O) groups is 1. The second kappa shape index (κ2) is 3.99. The van der Waals surface area contributed by atoms with Crippen LogP contribution in [0.25, 0.3) is 0 Å². The Bertz CT molecular complexity index is 842. The van der Waals surface area contributed by atoms with Crippen molar-refractivity contribution >= 4 is 23.1 Å². The summed E-state index contributed by atoms with van der Waals surface area (Å²) in [6, 6.07) is 11.8. The van der Waals surface area contributed by atoms with Crippen LogP contribution in [-0.4, -0.2) is 21.6 Å². The van der Waals surface area contributed by atoms with Gasteiger partial charge >= 0.3 is 0 Å². The molecule has 4 rings (SSSR count). The van der Waals surface area contributed by atoms with Crippen LogP contribution in [0.1, 0.15) is 21.5 Å². The van der Waals surface area contributed by atoms with Gasteiger partial charge in [-0.15, -0.1) is 0 Å². The van der Waals surface area contributed by atoms with E-state index < -0.39 is 4.92 Å². The van der Waals surface area contributed by atoms with Crippen LogP contribution in [-0.2, 0) is 6.54 Å². The Morgan fingerprint density at radius 3 is 2.67 bits per heavy atom. The number of aliphatic imine (C=N–C) groups is 1. The van der Waals surface area contributed by atoms with Gasteiger partial charge in [0, 0.05) is 23.3 Å². The fourth-order valence-corrected chi connectivity index (χ4v) is 2.72. The van der Waals surface area contributed by atoms with E-state index in [4.69, 9.17) is 0 Å². The van der Waals surface area contributed by atoms with Gasteiger partial charge in [0.15, 0.2) is 0 Å². The van der Waals surface area contributed by atoms with Gasteiger partial charge in [-0.05, 0) is 12.1 Å². The number of rotatable bonds is 1. The number of nitro benzene ring substituents is 1. The molecule has 0 aromatic heterocycles. The van der Waals surface area contributed by atoms with E-state index in [1.54, 1.807) is 17.0 Å². The first-order valence-corrected chi connectivity index (χ1v) is 6.42. The molecule has 2 aliphatic heterocycles. The van der Waals surface area contributed by atoms with Crippen molar-refractivity contribution in [1.82, 2.24) is 4.90 Å². The molecule has 0 N–H and O–H groups in total. The SMILES string of the molecule is O=C1c2ccccc2C2=Nc3ccc([N+](=O)[O-])cc3CN12. The molecule has 0 saturated carbocycles. The van der Waals surface area contributed by atoms with Gasteiger partial charge in [-0.1, -0.05) is 18.2 Å². The quantitative estimate of drug-likeness (QED) is 0.594. The number of hydrogen-bond acceptors (Lipinski definition) is 4. The lowest BCUT2D eigenvalue weighted by molar-refractivity contribution is -0.384. The summed E-state index contributed by atoms with van der Waals surface area (Å²) in [5, 5.41) is 10.8. The fraction of sp³-hybridized carbons (Fsp3) is 0.0667. The predicted molar refractivity (Wildman–Crippen MR) is 75.6 cm³/mol. The minimum atomic E-state index is -0.444. The molecule has 0 bridgehead atoms. The van der Waals surface area contributed by atoms with Crippen molar-refractivity contribution in [2.45, 2.75) is 6.54 Å². The Morgan fingerprint density at radius 2 is 1.90 bits per heavy atom. The molecule has 102 valence electrons. The van der Waals surface area contributed by atoms with Crippen molar-refractivity contribution in [3.63, 3.8) is 0 Å². The molecular weight excluding hydrogens is 270 g/mol. The van der Waals surface area contributed by atoms with Gasteiger partial charge in [0.25, 0.3) is 11.6 Å². The Hall–Kier alpha value is -3.02. The number of nitrogens with zero attached hydrogens (tertiary/aromatic N) is 3. The lowest BCUT2D eigenvalue weighted by atomic mass is 10.1. The molecule has 0 spiro atoms. The summed E-state index contributed by atoms with van der Waals surface area (Å²) in [4.78, 5) is 28.8. The van der Waals surface area contributed by atoms with Gasteiger partial charge < -0.3 is 0 Å². The molecule has 6 heteroatoms. The molecule has 1 amide bonds. The molecule has 0 atom stereocenters. The van der Waals surface area contributed by atoms with Gasteiger partial charge in [0.05, 0.1) is 22.7 Å². The normalized spacial score (nSPS) is 15.1. The number of hydrogen-bond donors (Lipinski definition) is 0. The van der Waals surface area contributed by atoms with Crippen molar-refractivity contribution in [1.29, 1.82) is 0 Å². The Labute approximate surface area is 119 Å². The number of amides is 1. The molecule has 0 saturated heterocycles. The molecule has 0 aliphatic carbocycles. The summed E-state index contributed by atoms with van der Waals surface area (Å²) in [5.41, 5.74) is 2.81. The highest BCUT2D eigenvalue weighted by atomic mass is 16.6. The van der Waals surface area contributed by atoms with E-state index in [0.717, 1.165) is 5.56 Å². The van der Waals surface area contributed by atoms with Crippen LogP contribution in [0.5, 0.6) is 0 Å². The molecule has 2 aromatic carbocycles. The van der Waals surface area contributed by atoms with Gasteiger partial charge in [0.2, 0.25) is 0 Å². The van der Waals surface area contributed by atoms with Gasteiger partial charge in [-0.25, -0.2) is 4.99 Å². The smallest absolute Gasteiger partial charge is 0.269 e. The maximum atomic E-state index is 12.4. The summed E-state index contributed by atoms with van der Waals surface area (Å²) in [6.45, 7) is 0.309. The van der Waals surface area contributed by atoms with Crippen molar-refractivity contribution in [3.8, 4) is 0 Å². The van der Waals surface area contributed by atoms with Crippen LogP contribution in [0.15, 0.2) is 47.5 Å². The van der Waals surface area contributed by atoms with Gasteiger partial charge in [0.1, 0.15) is 5.84 Å². The van der Waals surface area contributed by atoms with Crippen LogP contribution < -0.4 is 0 Å². The van der Waals surface area contributed by atoms with Gasteiger partial charge in [-0.3, -0.25) is 19.8 Å². The van der Waals surface area contributed by atoms with E-state index in [1.165, 1.54) is 12.1 Å². The lowest BCUT2D eigenvalue weighted by Crippen LogP contribution is -2.31. The monoisotopic (exact) mass is 279 g/mol. The first kappa shape index (κ1) is 11.8. The zero-order chi connectivity index (χ0) is 14.6. The minimum Gasteiger partial charge on any atom is -0.288 e. The first-order chi connectivity index (χ1) is 10.1. The van der Waals surface area contributed by atoms with Crippen LogP contribution in [0.3, 0.4) is 0 Å². The van der Waals surface area contributed by atoms with Crippen molar-refractivity contribution in [3.05, 3.63) is 69.3 Å². The van der Waals surface area contributed by atoms with Crippen molar-refractivity contribution < 1.29 is 9.72 Å². The molecule has 0 fully saturated rings. The summed E-state index contributed by atoms with van der Waals surface area (Å²) < 4.78 is 0. The molecule has 6 nitrogen and oxygen atoms in total. The summed E-state index contributed by atoms with van der Waals surface area (Å²) >= 11 is 0. The van der Waals surface area contributed by atoms with E-state index in [1.807, 2.05) is 18.2 Å².